The molecule has 4 nitrogen and oxygen atoms in total. The Kier molecular flexibility index (Phi) is 4.47. The maximum Gasteiger partial charge on any atom is 0.290 e. The summed E-state index contributed by atoms with van der Waals surface area (Å²) in [5, 5.41) is 10.2. The minimum Gasteiger partial charge on any atom is -0.483 e. The highest BCUT2D eigenvalue weighted by Crippen LogP contribution is 2.29. The standard InChI is InChI=1S/C10H14N2.CH2O2/c11-9-3-1-2-4-10(9)12-7-8-5-6-8;2-1-3/h1-4,8,12H,5-7,11H2;1H,(H,2,3). The van der Waals surface area contributed by atoms with Crippen LogP contribution in [0.2, 0.25) is 0 Å². The first-order chi connectivity index (χ1) is 7.27. The van der Waals surface area contributed by atoms with Gasteiger partial charge in [0, 0.05) is 6.54 Å². The molecule has 0 aliphatic heterocycles. The highest BCUT2D eigenvalue weighted by atomic mass is 16.3. The van der Waals surface area contributed by atoms with Crippen molar-refractivity contribution in [2.75, 3.05) is 17.6 Å². The van der Waals surface area contributed by atoms with Gasteiger partial charge in [0.1, 0.15) is 0 Å². The number of carbonyl (C=O) groups is 1. The minimum atomic E-state index is -0.250. The van der Waals surface area contributed by atoms with Gasteiger partial charge in [0.05, 0.1) is 11.4 Å². The van der Waals surface area contributed by atoms with Crippen LogP contribution in [0.25, 0.3) is 0 Å². The minimum absolute atomic E-state index is 0.250. The summed E-state index contributed by atoms with van der Waals surface area (Å²) in [6.45, 7) is 0.828. The third-order valence-corrected chi connectivity index (χ3v) is 2.24. The molecule has 82 valence electrons. The lowest BCUT2D eigenvalue weighted by molar-refractivity contribution is -0.122. The molecule has 1 aliphatic rings. The normalized spacial score (nSPS) is 13.6. The predicted octanol–water partition coefficient (Wildman–Crippen LogP) is 1.79. The van der Waals surface area contributed by atoms with Gasteiger partial charge < -0.3 is 16.2 Å². The third kappa shape index (κ3) is 4.35. The van der Waals surface area contributed by atoms with E-state index < -0.39 is 0 Å². The van der Waals surface area contributed by atoms with E-state index in [0.717, 1.165) is 23.8 Å². The van der Waals surface area contributed by atoms with Gasteiger partial charge in [0.2, 0.25) is 0 Å². The highest BCUT2D eigenvalue weighted by molar-refractivity contribution is 5.65. The first-order valence-electron chi connectivity index (χ1n) is 4.94. The van der Waals surface area contributed by atoms with Crippen molar-refractivity contribution >= 4 is 17.8 Å². The molecule has 0 amide bonds. The number of nitrogens with two attached hydrogens (primary N) is 1. The first kappa shape index (κ1) is 11.4. The lowest BCUT2D eigenvalue weighted by atomic mass is 10.2. The molecule has 1 fully saturated rings. The van der Waals surface area contributed by atoms with Crippen molar-refractivity contribution in [2.45, 2.75) is 12.8 Å². The van der Waals surface area contributed by atoms with Crippen LogP contribution in [0.15, 0.2) is 24.3 Å². The Morgan fingerprint density at radius 3 is 2.60 bits per heavy atom. The van der Waals surface area contributed by atoms with Crippen molar-refractivity contribution in [2.24, 2.45) is 5.92 Å². The molecule has 15 heavy (non-hydrogen) atoms. The van der Waals surface area contributed by atoms with Gasteiger partial charge in [0.15, 0.2) is 0 Å². The molecule has 0 aromatic heterocycles. The summed E-state index contributed by atoms with van der Waals surface area (Å²) >= 11 is 0. The summed E-state index contributed by atoms with van der Waals surface area (Å²) < 4.78 is 0. The van der Waals surface area contributed by atoms with Crippen LogP contribution in [0.3, 0.4) is 0 Å². The lowest BCUT2D eigenvalue weighted by Crippen LogP contribution is -2.05. The van der Waals surface area contributed by atoms with Crippen LogP contribution >= 0.6 is 0 Å². The molecule has 1 saturated carbocycles. The highest BCUT2D eigenvalue weighted by Gasteiger charge is 2.20. The van der Waals surface area contributed by atoms with Crippen molar-refractivity contribution in [3.8, 4) is 0 Å². The predicted molar refractivity (Wildman–Crippen MR) is 60.8 cm³/mol. The van der Waals surface area contributed by atoms with E-state index in [4.69, 9.17) is 15.6 Å². The molecule has 1 aliphatic carbocycles. The summed E-state index contributed by atoms with van der Waals surface area (Å²) in [4.78, 5) is 8.36. The molecule has 0 atom stereocenters. The van der Waals surface area contributed by atoms with E-state index in [1.54, 1.807) is 0 Å². The fraction of sp³-hybridized carbons (Fsp3) is 0.364. The quantitative estimate of drug-likeness (QED) is 0.523. The van der Waals surface area contributed by atoms with E-state index in [1.807, 2.05) is 24.3 Å². The van der Waals surface area contributed by atoms with Crippen LogP contribution in [-0.2, 0) is 4.79 Å². The second-order valence-corrected chi connectivity index (χ2v) is 3.52. The van der Waals surface area contributed by atoms with E-state index >= 15 is 0 Å². The molecule has 0 radical (unpaired) electrons. The maximum absolute atomic E-state index is 8.36. The Bertz CT molecular complexity index is 311. The maximum atomic E-state index is 8.36. The van der Waals surface area contributed by atoms with Gasteiger partial charge in [0.25, 0.3) is 6.47 Å². The molecule has 0 unspecified atom stereocenters. The molecule has 4 heteroatoms. The molecule has 0 saturated heterocycles. The van der Waals surface area contributed by atoms with Crippen LogP contribution < -0.4 is 11.1 Å². The topological polar surface area (TPSA) is 75.3 Å². The van der Waals surface area contributed by atoms with Crippen LogP contribution in [0, 0.1) is 5.92 Å². The molecule has 0 heterocycles. The molecule has 2 rings (SSSR count). The van der Waals surface area contributed by atoms with Crippen LogP contribution in [0.4, 0.5) is 11.4 Å². The van der Waals surface area contributed by atoms with E-state index in [9.17, 15) is 0 Å². The van der Waals surface area contributed by atoms with Crippen molar-refractivity contribution in [1.82, 2.24) is 0 Å². The molecule has 1 aromatic rings. The number of carboxylic acid groups (broad SMARTS) is 1. The van der Waals surface area contributed by atoms with Crippen LogP contribution in [-0.4, -0.2) is 18.1 Å². The summed E-state index contributed by atoms with van der Waals surface area (Å²) in [6.07, 6.45) is 2.75. The number of para-hydroxylation sites is 2. The molecule has 4 N–H and O–H groups in total. The Labute approximate surface area is 89.1 Å². The number of benzene rings is 1. The van der Waals surface area contributed by atoms with Crippen molar-refractivity contribution in [3.05, 3.63) is 24.3 Å². The summed E-state index contributed by atoms with van der Waals surface area (Å²) in [5.74, 6) is 0.893. The van der Waals surface area contributed by atoms with Crippen molar-refractivity contribution in [1.29, 1.82) is 0 Å². The summed E-state index contributed by atoms with van der Waals surface area (Å²) in [5.41, 5.74) is 7.68. The van der Waals surface area contributed by atoms with Crippen molar-refractivity contribution in [3.63, 3.8) is 0 Å². The smallest absolute Gasteiger partial charge is 0.290 e. The average Bonchev–Trinajstić information content (AvgIpc) is 3.02. The number of anilines is 2. The molecule has 0 spiro atoms. The van der Waals surface area contributed by atoms with Gasteiger partial charge in [-0.05, 0) is 30.9 Å². The number of hydrogen-bond donors (Lipinski definition) is 3. The summed E-state index contributed by atoms with van der Waals surface area (Å²) in [6, 6.07) is 7.91. The van der Waals surface area contributed by atoms with E-state index in [-0.39, 0.29) is 6.47 Å². The number of rotatable bonds is 3. The van der Waals surface area contributed by atoms with E-state index in [2.05, 4.69) is 5.32 Å². The zero-order valence-corrected chi connectivity index (χ0v) is 8.52. The number of nitrogen functional groups attached to an aromatic ring is 1. The molecule has 0 bridgehead atoms. The largest absolute Gasteiger partial charge is 0.483 e. The van der Waals surface area contributed by atoms with Crippen LogP contribution in [0.5, 0.6) is 0 Å². The fourth-order valence-corrected chi connectivity index (χ4v) is 1.23. The van der Waals surface area contributed by atoms with Gasteiger partial charge >= 0.3 is 0 Å². The van der Waals surface area contributed by atoms with Crippen LogP contribution in [0.1, 0.15) is 12.8 Å². The van der Waals surface area contributed by atoms with Gasteiger partial charge in [-0.3, -0.25) is 4.79 Å². The molecular formula is C11H16N2O2. The van der Waals surface area contributed by atoms with Crippen molar-refractivity contribution < 1.29 is 9.90 Å². The van der Waals surface area contributed by atoms with E-state index in [0.29, 0.717) is 0 Å². The second kappa shape index (κ2) is 5.90. The number of hydrogen-bond acceptors (Lipinski definition) is 3. The SMILES string of the molecule is Nc1ccccc1NCC1CC1.O=CO. The fourth-order valence-electron chi connectivity index (χ4n) is 1.23. The Morgan fingerprint density at radius 2 is 2.07 bits per heavy atom. The van der Waals surface area contributed by atoms with Gasteiger partial charge in [-0.1, -0.05) is 12.1 Å². The van der Waals surface area contributed by atoms with Gasteiger partial charge in [-0.2, -0.15) is 0 Å². The Morgan fingerprint density at radius 1 is 1.47 bits per heavy atom. The first-order valence-corrected chi connectivity index (χ1v) is 4.94. The monoisotopic (exact) mass is 208 g/mol. The average molecular weight is 208 g/mol. The zero-order chi connectivity index (χ0) is 11.1. The zero-order valence-electron chi connectivity index (χ0n) is 8.52. The lowest BCUT2D eigenvalue weighted by Gasteiger charge is -2.07. The Balaban J connectivity index is 0.000000337. The Hall–Kier alpha value is -1.71. The molecular weight excluding hydrogens is 192 g/mol. The van der Waals surface area contributed by atoms with E-state index in [1.165, 1.54) is 12.8 Å². The third-order valence-electron chi connectivity index (χ3n) is 2.24. The van der Waals surface area contributed by atoms with Gasteiger partial charge in [-0.25, -0.2) is 0 Å². The number of nitrogens with one attached hydrogen (secondary N) is 1. The molecule has 1 aromatic carbocycles. The second-order valence-electron chi connectivity index (χ2n) is 3.52. The van der Waals surface area contributed by atoms with Gasteiger partial charge in [-0.15, -0.1) is 0 Å². The summed E-state index contributed by atoms with van der Waals surface area (Å²) in [7, 11) is 0.